The van der Waals surface area contributed by atoms with E-state index in [2.05, 4.69) is 31.2 Å². The fourth-order valence-electron chi connectivity index (χ4n) is 2.42. The third kappa shape index (κ3) is 2.80. The van der Waals surface area contributed by atoms with E-state index in [1.807, 2.05) is 17.0 Å². The van der Waals surface area contributed by atoms with Gasteiger partial charge in [-0.05, 0) is 27.6 Å². The molecule has 1 N–H and O–H groups in total. The van der Waals surface area contributed by atoms with Crippen LogP contribution in [0.2, 0.25) is 0 Å². The lowest BCUT2D eigenvalue weighted by molar-refractivity contribution is 0.596. The number of nitrogens with one attached hydrogen (secondary N) is 1. The molecule has 2 aromatic rings. The Labute approximate surface area is 137 Å². The van der Waals surface area contributed by atoms with Crippen molar-refractivity contribution < 1.29 is 8.42 Å². The molecule has 0 saturated heterocycles. The lowest BCUT2D eigenvalue weighted by Gasteiger charge is -2.20. The zero-order valence-corrected chi connectivity index (χ0v) is 14.4. The predicted molar refractivity (Wildman–Crippen MR) is 88.8 cm³/mol. The molecule has 1 aliphatic heterocycles. The van der Waals surface area contributed by atoms with Gasteiger partial charge in [-0.1, -0.05) is 18.2 Å². The Hall–Kier alpha value is -1.67. The second-order valence-corrected chi connectivity index (χ2v) is 7.90. The Morgan fingerprint density at radius 1 is 1.32 bits per heavy atom. The molecule has 6 nitrogen and oxygen atoms in total. The lowest BCUT2D eigenvalue weighted by Crippen LogP contribution is -2.27. The molecule has 0 spiro atoms. The molecule has 0 bridgehead atoms. The molecule has 22 heavy (non-hydrogen) atoms. The molecule has 1 aromatic heterocycles. The van der Waals surface area contributed by atoms with E-state index < -0.39 is 9.84 Å². The average molecular weight is 383 g/mol. The molecule has 0 unspecified atom stereocenters. The third-order valence-electron chi connectivity index (χ3n) is 3.55. The Morgan fingerprint density at radius 2 is 2.09 bits per heavy atom. The van der Waals surface area contributed by atoms with Gasteiger partial charge in [0, 0.05) is 26.3 Å². The number of benzene rings is 1. The van der Waals surface area contributed by atoms with Crippen LogP contribution in [0.25, 0.3) is 0 Å². The lowest BCUT2D eigenvalue weighted by atomic mass is 10.2. The summed E-state index contributed by atoms with van der Waals surface area (Å²) in [5, 5.41) is 2.98. The Morgan fingerprint density at radius 3 is 2.86 bits per heavy atom. The largest absolute Gasteiger partial charge is 0.372 e. The van der Waals surface area contributed by atoms with E-state index in [-0.39, 0.29) is 5.75 Å². The highest BCUT2D eigenvalue weighted by Crippen LogP contribution is 2.26. The molecule has 1 aliphatic rings. The van der Waals surface area contributed by atoms with Gasteiger partial charge in [0.05, 0.1) is 15.1 Å². The number of hydrogen-bond acceptors (Lipinski definition) is 6. The van der Waals surface area contributed by atoms with Gasteiger partial charge in [0.15, 0.2) is 9.84 Å². The first-order valence-corrected chi connectivity index (χ1v) is 9.22. The minimum Gasteiger partial charge on any atom is -0.372 e. The maximum Gasteiger partial charge on any atom is 0.227 e. The molecular formula is C14H15BrN4O2S. The van der Waals surface area contributed by atoms with Crippen LogP contribution in [0, 0.1) is 0 Å². The van der Waals surface area contributed by atoms with E-state index >= 15 is 0 Å². The highest BCUT2D eigenvalue weighted by molar-refractivity contribution is 9.10. The number of sulfone groups is 1. The molecule has 8 heteroatoms. The van der Waals surface area contributed by atoms with Crippen molar-refractivity contribution in [3.05, 3.63) is 40.5 Å². The van der Waals surface area contributed by atoms with Crippen molar-refractivity contribution in [2.45, 2.75) is 11.4 Å². The van der Waals surface area contributed by atoms with Crippen LogP contribution in [0.3, 0.4) is 0 Å². The molecule has 0 amide bonds. The molecule has 116 valence electrons. The molecule has 0 radical (unpaired) electrons. The van der Waals surface area contributed by atoms with Gasteiger partial charge in [-0.2, -0.15) is 4.98 Å². The van der Waals surface area contributed by atoms with E-state index in [1.54, 1.807) is 25.4 Å². The zero-order valence-electron chi connectivity index (χ0n) is 12.0. The van der Waals surface area contributed by atoms with Crippen LogP contribution in [0.15, 0.2) is 39.8 Å². The molecule has 0 fully saturated rings. The van der Waals surface area contributed by atoms with Gasteiger partial charge in [-0.3, -0.25) is 0 Å². The van der Waals surface area contributed by atoms with Crippen LogP contribution < -0.4 is 10.2 Å². The Balaban J connectivity index is 2.01. The fraction of sp³-hybridized carbons (Fsp3) is 0.286. The number of halogens is 1. The molecule has 3 rings (SSSR count). The first-order chi connectivity index (χ1) is 10.5. The van der Waals surface area contributed by atoms with Crippen LogP contribution >= 0.6 is 15.9 Å². The minimum atomic E-state index is -3.27. The second-order valence-electron chi connectivity index (χ2n) is 4.96. The number of rotatable bonds is 2. The van der Waals surface area contributed by atoms with Crippen LogP contribution in [0.1, 0.15) is 5.56 Å². The van der Waals surface area contributed by atoms with Crippen LogP contribution in [-0.2, 0) is 16.4 Å². The standard InChI is InChI=1S/C14H15BrN4O2S/c1-16-13-11(15)8-17-14(18-13)19-6-7-22(20,21)12-5-3-2-4-10(12)9-19/h2-5,8H,6-7,9H2,1H3,(H,16,17,18). The van der Waals surface area contributed by atoms with E-state index in [9.17, 15) is 8.42 Å². The molecule has 1 aromatic carbocycles. The van der Waals surface area contributed by atoms with Gasteiger partial charge >= 0.3 is 0 Å². The second kappa shape index (κ2) is 5.85. The third-order valence-corrected chi connectivity index (χ3v) is 5.92. The maximum absolute atomic E-state index is 12.4. The van der Waals surface area contributed by atoms with Gasteiger partial charge in [-0.15, -0.1) is 0 Å². The topological polar surface area (TPSA) is 75.2 Å². The summed E-state index contributed by atoms with van der Waals surface area (Å²) in [6, 6.07) is 7.10. The predicted octanol–water partition coefficient (Wildman–Crippen LogP) is 2.07. The molecular weight excluding hydrogens is 368 g/mol. The van der Waals surface area contributed by atoms with E-state index in [4.69, 9.17) is 0 Å². The molecule has 0 aliphatic carbocycles. The summed E-state index contributed by atoms with van der Waals surface area (Å²) in [7, 11) is -1.49. The highest BCUT2D eigenvalue weighted by Gasteiger charge is 2.26. The zero-order chi connectivity index (χ0) is 15.7. The van der Waals surface area contributed by atoms with E-state index in [1.165, 1.54) is 0 Å². The number of fused-ring (bicyclic) bond motifs is 1. The van der Waals surface area contributed by atoms with Crippen LogP contribution in [-0.4, -0.2) is 37.7 Å². The van der Waals surface area contributed by atoms with Gasteiger partial charge in [-0.25, -0.2) is 13.4 Å². The van der Waals surface area contributed by atoms with Crippen molar-refractivity contribution in [1.29, 1.82) is 0 Å². The Bertz CT molecular complexity index is 810. The monoisotopic (exact) mass is 382 g/mol. The summed E-state index contributed by atoms with van der Waals surface area (Å²) >= 11 is 3.37. The van der Waals surface area contributed by atoms with Crippen molar-refractivity contribution in [2.75, 3.05) is 29.6 Å². The number of hydrogen-bond donors (Lipinski definition) is 1. The summed E-state index contributed by atoms with van der Waals surface area (Å²) in [4.78, 5) is 11.0. The normalized spacial score (nSPS) is 16.7. The molecule has 0 atom stereocenters. The number of nitrogens with zero attached hydrogens (tertiary/aromatic N) is 3. The first-order valence-electron chi connectivity index (χ1n) is 6.77. The average Bonchev–Trinajstić information content (AvgIpc) is 2.65. The van der Waals surface area contributed by atoms with Gasteiger partial charge in [0.2, 0.25) is 5.95 Å². The van der Waals surface area contributed by atoms with Gasteiger partial charge in [0.25, 0.3) is 0 Å². The fourth-order valence-corrected chi connectivity index (χ4v) is 4.31. The van der Waals surface area contributed by atoms with Crippen molar-refractivity contribution in [3.63, 3.8) is 0 Å². The summed E-state index contributed by atoms with van der Waals surface area (Å²) in [5.41, 5.74) is 0.775. The van der Waals surface area contributed by atoms with Gasteiger partial charge < -0.3 is 10.2 Å². The van der Waals surface area contributed by atoms with Crippen molar-refractivity contribution in [3.8, 4) is 0 Å². The highest BCUT2D eigenvalue weighted by atomic mass is 79.9. The minimum absolute atomic E-state index is 0.0539. The molecule has 0 saturated carbocycles. The first kappa shape index (κ1) is 15.2. The van der Waals surface area contributed by atoms with E-state index in [0.717, 1.165) is 10.0 Å². The van der Waals surface area contributed by atoms with Crippen LogP contribution in [0.5, 0.6) is 0 Å². The number of anilines is 2. The Kier molecular flexibility index (Phi) is 4.05. The quantitative estimate of drug-likeness (QED) is 0.856. The number of aromatic nitrogens is 2. The van der Waals surface area contributed by atoms with Crippen molar-refractivity contribution in [2.24, 2.45) is 0 Å². The summed E-state index contributed by atoms with van der Waals surface area (Å²) < 4.78 is 25.5. The van der Waals surface area contributed by atoms with E-state index in [0.29, 0.717) is 29.8 Å². The van der Waals surface area contributed by atoms with Crippen LogP contribution in [0.4, 0.5) is 11.8 Å². The maximum atomic E-state index is 12.4. The smallest absolute Gasteiger partial charge is 0.227 e. The van der Waals surface area contributed by atoms with Crippen molar-refractivity contribution >= 4 is 37.5 Å². The summed E-state index contributed by atoms with van der Waals surface area (Å²) in [6.45, 7) is 0.835. The van der Waals surface area contributed by atoms with Crippen molar-refractivity contribution in [1.82, 2.24) is 9.97 Å². The molecule has 2 heterocycles. The SMILES string of the molecule is CNc1nc(N2CCS(=O)(=O)c3ccccc3C2)ncc1Br. The van der Waals surface area contributed by atoms with Gasteiger partial charge in [0.1, 0.15) is 5.82 Å². The summed E-state index contributed by atoms with van der Waals surface area (Å²) in [6.07, 6.45) is 1.67. The summed E-state index contributed by atoms with van der Waals surface area (Å²) in [5.74, 6) is 1.24.